The van der Waals surface area contributed by atoms with Crippen LogP contribution in [0.15, 0.2) is 0 Å². The number of thiazole rings is 1. The van der Waals surface area contributed by atoms with Crippen LogP contribution in [-0.2, 0) is 19.9 Å². The highest BCUT2D eigenvalue weighted by Crippen LogP contribution is 2.20. The van der Waals surface area contributed by atoms with Crippen LogP contribution in [0.25, 0.3) is 0 Å². The van der Waals surface area contributed by atoms with Crippen molar-refractivity contribution in [2.75, 3.05) is 0 Å². The van der Waals surface area contributed by atoms with Crippen LogP contribution in [0.3, 0.4) is 0 Å². The smallest absolute Gasteiger partial charge is 0.0956 e. The van der Waals surface area contributed by atoms with Crippen molar-refractivity contribution in [3.05, 3.63) is 32.5 Å². The van der Waals surface area contributed by atoms with Crippen molar-refractivity contribution < 1.29 is 5.11 Å². The van der Waals surface area contributed by atoms with Crippen LogP contribution >= 0.6 is 11.3 Å². The van der Waals surface area contributed by atoms with E-state index in [2.05, 4.69) is 17.0 Å². The Labute approximate surface area is 118 Å². The third kappa shape index (κ3) is 3.04. The minimum absolute atomic E-state index is 0.397. The number of aliphatic hydroxyl groups is 1. The summed E-state index contributed by atoms with van der Waals surface area (Å²) in [5, 5.41) is 15.6. The fourth-order valence-electron chi connectivity index (χ4n) is 2.25. The molecule has 0 amide bonds. The Hall–Kier alpha value is -1.20. The van der Waals surface area contributed by atoms with Gasteiger partial charge in [-0.05, 0) is 33.3 Å². The first-order valence-electron chi connectivity index (χ1n) is 6.48. The van der Waals surface area contributed by atoms with Gasteiger partial charge in [-0.1, -0.05) is 0 Å². The first kappa shape index (κ1) is 14.2. The lowest BCUT2D eigenvalue weighted by molar-refractivity contribution is 0.175. The fourth-order valence-corrected chi connectivity index (χ4v) is 3.25. The molecule has 1 unspecified atom stereocenters. The van der Waals surface area contributed by atoms with Crippen LogP contribution in [0.1, 0.15) is 32.5 Å². The summed E-state index contributed by atoms with van der Waals surface area (Å²) in [7, 11) is 1.94. The molecule has 0 aliphatic heterocycles. The van der Waals surface area contributed by atoms with E-state index in [1.165, 1.54) is 4.88 Å². The van der Waals surface area contributed by atoms with Gasteiger partial charge in [0.15, 0.2) is 0 Å². The van der Waals surface area contributed by atoms with Crippen LogP contribution in [0.2, 0.25) is 0 Å². The summed E-state index contributed by atoms with van der Waals surface area (Å²) in [6, 6.07) is 0. The minimum Gasteiger partial charge on any atom is -0.392 e. The Morgan fingerprint density at radius 1 is 1.16 bits per heavy atom. The summed E-state index contributed by atoms with van der Waals surface area (Å²) in [6.45, 7) is 8.11. The van der Waals surface area contributed by atoms with Crippen molar-refractivity contribution in [2.24, 2.45) is 7.05 Å². The maximum absolute atomic E-state index is 10.2. The van der Waals surface area contributed by atoms with E-state index in [-0.39, 0.29) is 0 Å². The maximum atomic E-state index is 10.2. The van der Waals surface area contributed by atoms with Crippen LogP contribution < -0.4 is 0 Å². The highest BCUT2D eigenvalue weighted by molar-refractivity contribution is 7.11. The molecule has 2 heterocycles. The minimum atomic E-state index is -0.397. The van der Waals surface area contributed by atoms with Crippen molar-refractivity contribution in [1.29, 1.82) is 0 Å². The molecule has 5 heteroatoms. The Morgan fingerprint density at radius 3 is 2.32 bits per heavy atom. The van der Waals surface area contributed by atoms with Crippen LogP contribution in [0.4, 0.5) is 0 Å². The first-order chi connectivity index (χ1) is 8.88. The summed E-state index contributed by atoms with van der Waals surface area (Å²) >= 11 is 1.67. The molecule has 2 aromatic heterocycles. The largest absolute Gasteiger partial charge is 0.392 e. The molecule has 0 aromatic carbocycles. The van der Waals surface area contributed by atoms with E-state index in [1.54, 1.807) is 11.3 Å². The van der Waals surface area contributed by atoms with Gasteiger partial charge in [0.1, 0.15) is 0 Å². The molecule has 0 spiro atoms. The average molecular weight is 279 g/mol. The average Bonchev–Trinajstić information content (AvgIpc) is 2.74. The number of hydrogen-bond donors (Lipinski definition) is 1. The quantitative estimate of drug-likeness (QED) is 0.934. The topological polar surface area (TPSA) is 50.9 Å². The van der Waals surface area contributed by atoms with Crippen molar-refractivity contribution in [2.45, 2.75) is 46.6 Å². The Kier molecular flexibility index (Phi) is 4.06. The molecule has 0 bridgehead atoms. The van der Waals surface area contributed by atoms with E-state index in [4.69, 9.17) is 0 Å². The molecular weight excluding hydrogens is 258 g/mol. The van der Waals surface area contributed by atoms with Gasteiger partial charge in [-0.2, -0.15) is 5.10 Å². The van der Waals surface area contributed by atoms with Crippen LogP contribution in [0.5, 0.6) is 0 Å². The highest BCUT2D eigenvalue weighted by Gasteiger charge is 2.16. The second-order valence-corrected chi connectivity index (χ2v) is 6.37. The van der Waals surface area contributed by atoms with Gasteiger partial charge in [0.2, 0.25) is 0 Å². The maximum Gasteiger partial charge on any atom is 0.0956 e. The predicted molar refractivity (Wildman–Crippen MR) is 77.7 cm³/mol. The number of aliphatic hydroxyl groups excluding tert-OH is 1. The third-order valence-corrected chi connectivity index (χ3v) is 4.68. The molecule has 4 nitrogen and oxygen atoms in total. The zero-order valence-electron chi connectivity index (χ0n) is 12.2. The normalized spacial score (nSPS) is 12.9. The number of nitrogens with zero attached hydrogens (tertiary/aromatic N) is 3. The number of hydrogen-bond acceptors (Lipinski definition) is 4. The SMILES string of the molecule is Cc1nc(CC(O)Cc2c(C)nn(C)c2C)sc1C. The summed E-state index contributed by atoms with van der Waals surface area (Å²) in [6.07, 6.45) is 0.864. The van der Waals surface area contributed by atoms with Gasteiger partial charge in [0, 0.05) is 30.5 Å². The van der Waals surface area contributed by atoms with E-state index in [9.17, 15) is 5.11 Å². The highest BCUT2D eigenvalue weighted by atomic mass is 32.1. The summed E-state index contributed by atoms with van der Waals surface area (Å²) in [4.78, 5) is 5.71. The molecular formula is C14H21N3OS. The second kappa shape index (κ2) is 5.43. The molecule has 0 radical (unpaired) electrons. The molecule has 0 aliphatic rings. The summed E-state index contributed by atoms with van der Waals surface area (Å²) < 4.78 is 1.87. The molecule has 104 valence electrons. The molecule has 0 aliphatic carbocycles. The van der Waals surface area contributed by atoms with E-state index in [1.807, 2.05) is 32.5 Å². The molecule has 0 saturated carbocycles. The zero-order chi connectivity index (χ0) is 14.2. The lowest BCUT2D eigenvalue weighted by Gasteiger charge is -2.09. The zero-order valence-corrected chi connectivity index (χ0v) is 13.0. The standard InChI is InChI=1S/C14H21N3OS/c1-8-11(4)19-14(15-8)7-12(18)6-13-9(2)16-17(5)10(13)3/h12,18H,6-7H2,1-5H3. The van der Waals surface area contributed by atoms with Gasteiger partial charge in [0.25, 0.3) is 0 Å². The number of rotatable bonds is 4. The molecule has 2 rings (SSSR count). The molecule has 1 atom stereocenters. The van der Waals surface area contributed by atoms with E-state index in [0.29, 0.717) is 12.8 Å². The summed E-state index contributed by atoms with van der Waals surface area (Å²) in [5.74, 6) is 0. The Morgan fingerprint density at radius 2 is 1.84 bits per heavy atom. The first-order valence-corrected chi connectivity index (χ1v) is 7.30. The lowest BCUT2D eigenvalue weighted by atomic mass is 10.0. The van der Waals surface area contributed by atoms with Crippen molar-refractivity contribution >= 4 is 11.3 Å². The number of aryl methyl sites for hydroxylation is 4. The molecule has 2 aromatic rings. The molecule has 19 heavy (non-hydrogen) atoms. The van der Waals surface area contributed by atoms with Gasteiger partial charge in [-0.3, -0.25) is 4.68 Å². The van der Waals surface area contributed by atoms with Gasteiger partial charge < -0.3 is 5.11 Å². The molecule has 0 saturated heterocycles. The van der Waals surface area contributed by atoms with Gasteiger partial charge >= 0.3 is 0 Å². The predicted octanol–water partition coefficient (Wildman–Crippen LogP) is 2.26. The van der Waals surface area contributed by atoms with Crippen LogP contribution in [-0.4, -0.2) is 26.0 Å². The monoisotopic (exact) mass is 279 g/mol. The van der Waals surface area contributed by atoms with Crippen molar-refractivity contribution in [3.8, 4) is 0 Å². The van der Waals surface area contributed by atoms with Gasteiger partial charge in [-0.15, -0.1) is 11.3 Å². The second-order valence-electron chi connectivity index (χ2n) is 5.08. The Balaban J connectivity index is 2.07. The fraction of sp³-hybridized carbons (Fsp3) is 0.571. The van der Waals surface area contributed by atoms with Gasteiger partial charge in [-0.25, -0.2) is 4.98 Å². The van der Waals surface area contributed by atoms with E-state index < -0.39 is 6.10 Å². The Bertz CT molecular complexity index is 566. The van der Waals surface area contributed by atoms with Crippen molar-refractivity contribution in [1.82, 2.24) is 14.8 Å². The third-order valence-electron chi connectivity index (χ3n) is 3.58. The summed E-state index contributed by atoms with van der Waals surface area (Å²) in [5.41, 5.74) is 4.36. The lowest BCUT2D eigenvalue weighted by Crippen LogP contribution is -2.15. The number of aromatic nitrogens is 3. The van der Waals surface area contributed by atoms with Crippen LogP contribution in [0, 0.1) is 27.7 Å². The molecule has 1 N–H and O–H groups in total. The van der Waals surface area contributed by atoms with Crippen molar-refractivity contribution in [3.63, 3.8) is 0 Å². The van der Waals surface area contributed by atoms with E-state index in [0.717, 1.165) is 27.7 Å². The van der Waals surface area contributed by atoms with Gasteiger partial charge in [0.05, 0.1) is 22.5 Å². The molecule has 0 fully saturated rings. The van der Waals surface area contributed by atoms with E-state index >= 15 is 0 Å².